The van der Waals surface area contributed by atoms with Gasteiger partial charge in [0.15, 0.2) is 0 Å². The van der Waals surface area contributed by atoms with Gasteiger partial charge in [-0.3, -0.25) is 0 Å². The summed E-state index contributed by atoms with van der Waals surface area (Å²) in [6.07, 6.45) is -3.61. The zero-order valence-electron chi connectivity index (χ0n) is 15.3. The third-order valence-electron chi connectivity index (χ3n) is 4.27. The van der Waals surface area contributed by atoms with Crippen molar-refractivity contribution in [2.24, 2.45) is 5.41 Å². The van der Waals surface area contributed by atoms with Crippen molar-refractivity contribution in [3.05, 3.63) is 53.6 Å². The maximum atomic E-state index is 13.3. The third-order valence-corrected chi connectivity index (χ3v) is 4.27. The van der Waals surface area contributed by atoms with E-state index in [1.54, 1.807) is 18.2 Å². The Balaban J connectivity index is 2.59. The highest BCUT2D eigenvalue weighted by Gasteiger charge is 2.34. The summed E-state index contributed by atoms with van der Waals surface area (Å²) in [5.41, 5.74) is 0.232. The van der Waals surface area contributed by atoms with Crippen LogP contribution in [0, 0.1) is 5.41 Å². The van der Waals surface area contributed by atoms with E-state index in [0.717, 1.165) is 18.1 Å². The van der Waals surface area contributed by atoms with Crippen LogP contribution in [-0.4, -0.2) is 5.11 Å². The summed E-state index contributed by atoms with van der Waals surface area (Å²) in [4.78, 5) is 0. The number of hydrogen-bond donors (Lipinski definition) is 1. The van der Waals surface area contributed by atoms with Gasteiger partial charge >= 0.3 is 6.18 Å². The maximum absolute atomic E-state index is 13.3. The van der Waals surface area contributed by atoms with E-state index in [9.17, 15) is 18.3 Å². The lowest BCUT2D eigenvalue weighted by molar-refractivity contribution is -0.137. The summed E-state index contributed by atoms with van der Waals surface area (Å²) in [5.74, 6) is -0.146. The Morgan fingerprint density at radius 3 is 2.00 bits per heavy atom. The first-order valence-corrected chi connectivity index (χ1v) is 8.31. The monoisotopic (exact) mass is 350 g/mol. The van der Waals surface area contributed by atoms with E-state index >= 15 is 0 Å². The van der Waals surface area contributed by atoms with Gasteiger partial charge in [-0.2, -0.15) is 13.2 Å². The van der Waals surface area contributed by atoms with Gasteiger partial charge in [0.05, 0.1) is 5.56 Å². The van der Waals surface area contributed by atoms with Gasteiger partial charge in [0.25, 0.3) is 0 Å². The summed E-state index contributed by atoms with van der Waals surface area (Å²) in [6, 6.07) is 10.3. The molecule has 0 aliphatic carbocycles. The Bertz CT molecular complexity index is 752. The molecule has 0 radical (unpaired) electrons. The van der Waals surface area contributed by atoms with Crippen molar-refractivity contribution < 1.29 is 18.3 Å². The molecule has 0 fully saturated rings. The second kappa shape index (κ2) is 6.40. The maximum Gasteiger partial charge on any atom is 0.417 e. The van der Waals surface area contributed by atoms with Crippen molar-refractivity contribution in [2.75, 3.05) is 0 Å². The summed E-state index contributed by atoms with van der Waals surface area (Å²) >= 11 is 0. The Labute approximate surface area is 147 Å². The normalized spacial score (nSPS) is 13.1. The molecule has 136 valence electrons. The van der Waals surface area contributed by atoms with Crippen molar-refractivity contribution >= 4 is 0 Å². The van der Waals surface area contributed by atoms with Crippen LogP contribution in [0.4, 0.5) is 13.2 Å². The van der Waals surface area contributed by atoms with Gasteiger partial charge in [-0.25, -0.2) is 0 Å². The zero-order chi connectivity index (χ0) is 19.0. The predicted molar refractivity (Wildman–Crippen MR) is 95.6 cm³/mol. The Morgan fingerprint density at radius 1 is 0.840 bits per heavy atom. The first kappa shape index (κ1) is 19.4. The number of phenolic OH excluding ortho intramolecular Hbond substituents is 1. The average Bonchev–Trinajstić information content (AvgIpc) is 2.44. The fourth-order valence-corrected chi connectivity index (χ4v) is 3.57. The minimum Gasteiger partial charge on any atom is -0.507 e. The van der Waals surface area contributed by atoms with Crippen LogP contribution in [0.3, 0.4) is 0 Å². The lowest BCUT2D eigenvalue weighted by Crippen LogP contribution is -2.24. The molecule has 0 amide bonds. The van der Waals surface area contributed by atoms with E-state index in [1.807, 2.05) is 0 Å². The van der Waals surface area contributed by atoms with Crippen LogP contribution in [0.25, 0.3) is 11.1 Å². The highest BCUT2D eigenvalue weighted by atomic mass is 19.4. The molecule has 0 atom stereocenters. The molecule has 4 heteroatoms. The van der Waals surface area contributed by atoms with Crippen LogP contribution < -0.4 is 0 Å². The van der Waals surface area contributed by atoms with Crippen LogP contribution in [0.1, 0.15) is 52.2 Å². The first-order chi connectivity index (χ1) is 11.3. The molecule has 2 aromatic rings. The van der Waals surface area contributed by atoms with Gasteiger partial charge in [0, 0.05) is 5.56 Å². The second-order valence-electron chi connectivity index (χ2n) is 8.40. The summed E-state index contributed by atoms with van der Waals surface area (Å²) in [7, 11) is 0. The quantitative estimate of drug-likeness (QED) is 0.646. The van der Waals surface area contributed by atoms with E-state index in [-0.39, 0.29) is 27.7 Å². The number of halogens is 3. The molecular weight excluding hydrogens is 325 g/mol. The van der Waals surface area contributed by atoms with Crippen molar-refractivity contribution in [2.45, 2.75) is 52.6 Å². The van der Waals surface area contributed by atoms with Crippen LogP contribution in [0.5, 0.6) is 5.75 Å². The van der Waals surface area contributed by atoms with Crippen LogP contribution in [-0.2, 0) is 11.6 Å². The molecule has 0 aromatic heterocycles. The molecule has 0 heterocycles. The molecule has 0 unspecified atom stereocenters. The lowest BCUT2D eigenvalue weighted by atomic mass is 9.72. The number of aromatic hydroxyl groups is 1. The summed E-state index contributed by atoms with van der Waals surface area (Å²) in [5, 5.41) is 10.2. The van der Waals surface area contributed by atoms with Gasteiger partial charge in [-0.15, -0.1) is 0 Å². The molecule has 0 aliphatic rings. The average molecular weight is 350 g/mol. The van der Waals surface area contributed by atoms with E-state index < -0.39 is 11.7 Å². The highest BCUT2D eigenvalue weighted by Crippen LogP contribution is 2.43. The molecule has 0 saturated heterocycles. The third kappa shape index (κ3) is 4.56. The van der Waals surface area contributed by atoms with Crippen molar-refractivity contribution in [1.82, 2.24) is 0 Å². The molecule has 1 nitrogen and oxygen atoms in total. The van der Waals surface area contributed by atoms with E-state index in [1.165, 1.54) is 18.2 Å². The number of benzene rings is 2. The van der Waals surface area contributed by atoms with Gasteiger partial charge < -0.3 is 5.11 Å². The SMILES string of the molecule is CC(C)(C)CC(C)(C)c1ccc(O)c(-c2ccccc2C(F)(F)F)c1. The molecule has 2 aromatic carbocycles. The number of rotatable bonds is 3. The zero-order valence-corrected chi connectivity index (χ0v) is 15.3. The standard InChI is InChI=1S/C21H25F3O/c1-19(2,3)13-20(4,5)14-10-11-18(25)16(12-14)15-8-6-7-9-17(15)21(22,23)24/h6-12,25H,13H2,1-5H3. The van der Waals surface area contributed by atoms with Crippen LogP contribution in [0.2, 0.25) is 0 Å². The number of alkyl halides is 3. The van der Waals surface area contributed by atoms with E-state index in [4.69, 9.17) is 0 Å². The summed E-state index contributed by atoms with van der Waals surface area (Å²) in [6.45, 7) is 10.5. The topological polar surface area (TPSA) is 20.2 Å². The molecule has 0 aliphatic heterocycles. The van der Waals surface area contributed by atoms with Gasteiger partial charge in [0.2, 0.25) is 0 Å². The van der Waals surface area contributed by atoms with Crippen LogP contribution in [0.15, 0.2) is 42.5 Å². The smallest absolute Gasteiger partial charge is 0.417 e. The fourth-order valence-electron chi connectivity index (χ4n) is 3.57. The second-order valence-corrected chi connectivity index (χ2v) is 8.40. The van der Waals surface area contributed by atoms with Gasteiger partial charge in [-0.05, 0) is 46.6 Å². The molecular formula is C21H25F3O. The molecule has 1 N–H and O–H groups in total. The van der Waals surface area contributed by atoms with E-state index in [2.05, 4.69) is 34.6 Å². The van der Waals surface area contributed by atoms with Crippen LogP contribution >= 0.6 is 0 Å². The minimum absolute atomic E-state index is 0.000841. The fraction of sp³-hybridized carbons (Fsp3) is 0.429. The Kier molecular flexibility index (Phi) is 4.95. The van der Waals surface area contributed by atoms with Gasteiger partial charge in [-0.1, -0.05) is 58.9 Å². The Hall–Kier alpha value is -1.97. The summed E-state index contributed by atoms with van der Waals surface area (Å²) < 4.78 is 40.0. The van der Waals surface area contributed by atoms with Gasteiger partial charge in [0.1, 0.15) is 5.75 Å². The van der Waals surface area contributed by atoms with Crippen molar-refractivity contribution in [3.8, 4) is 16.9 Å². The molecule has 0 saturated carbocycles. The lowest BCUT2D eigenvalue weighted by Gasteiger charge is -2.33. The molecule has 25 heavy (non-hydrogen) atoms. The molecule has 0 spiro atoms. The minimum atomic E-state index is -4.47. The Morgan fingerprint density at radius 2 is 1.44 bits per heavy atom. The molecule has 2 rings (SSSR count). The van der Waals surface area contributed by atoms with Crippen molar-refractivity contribution in [3.63, 3.8) is 0 Å². The number of phenols is 1. The van der Waals surface area contributed by atoms with E-state index in [0.29, 0.717) is 0 Å². The largest absolute Gasteiger partial charge is 0.507 e. The predicted octanol–water partition coefficient (Wildman–Crippen LogP) is 6.79. The number of hydrogen-bond acceptors (Lipinski definition) is 1. The van der Waals surface area contributed by atoms with Crippen molar-refractivity contribution in [1.29, 1.82) is 0 Å². The highest BCUT2D eigenvalue weighted by molar-refractivity contribution is 5.74. The first-order valence-electron chi connectivity index (χ1n) is 8.31. The molecule has 0 bridgehead atoms.